The van der Waals surface area contributed by atoms with Gasteiger partial charge in [0.25, 0.3) is 0 Å². The topological polar surface area (TPSA) is 17.8 Å². The van der Waals surface area contributed by atoms with Gasteiger partial charge in [-0.2, -0.15) is 5.10 Å². The third-order valence-corrected chi connectivity index (χ3v) is 5.37. The molecule has 0 fully saturated rings. The van der Waals surface area contributed by atoms with Gasteiger partial charge in [-0.3, -0.25) is 4.68 Å². The van der Waals surface area contributed by atoms with Gasteiger partial charge in [-0.15, -0.1) is 0 Å². The van der Waals surface area contributed by atoms with E-state index in [4.69, 9.17) is 0 Å². The molecular formula is C15H17IN2. The number of aryl methyl sites for hydroxylation is 1. The van der Waals surface area contributed by atoms with Crippen LogP contribution in [0, 0.1) is 31.4 Å². The fraction of sp³-hybridized carbons (Fsp3) is 0.400. The van der Waals surface area contributed by atoms with Crippen LogP contribution in [0.15, 0.2) is 0 Å². The van der Waals surface area contributed by atoms with Crippen LogP contribution in [0.1, 0.15) is 33.4 Å². The number of nitrogens with zero attached hydrogens (tertiary/aromatic N) is 2. The second kappa shape index (κ2) is 3.83. The Morgan fingerprint density at radius 2 is 1.56 bits per heavy atom. The standard InChI is InChI=1S/C15H17IN2/c1-7-8(2)10(4)13-11(9(7)3)6-12-14(13)18(5)17-15(12)16/h6H2,1-5H3. The van der Waals surface area contributed by atoms with Gasteiger partial charge in [0.05, 0.1) is 5.69 Å². The van der Waals surface area contributed by atoms with Crippen LogP contribution in [0.2, 0.25) is 0 Å². The molecular weight excluding hydrogens is 335 g/mol. The van der Waals surface area contributed by atoms with Crippen LogP contribution < -0.4 is 0 Å². The zero-order chi connectivity index (χ0) is 13.2. The molecule has 1 aliphatic rings. The van der Waals surface area contributed by atoms with E-state index in [1.165, 1.54) is 44.6 Å². The molecule has 0 spiro atoms. The number of hydrogen-bond donors (Lipinski definition) is 0. The number of rotatable bonds is 0. The summed E-state index contributed by atoms with van der Waals surface area (Å²) in [5.41, 5.74) is 11.4. The molecule has 1 aromatic carbocycles. The Morgan fingerprint density at radius 1 is 0.944 bits per heavy atom. The van der Waals surface area contributed by atoms with Gasteiger partial charge in [-0.25, -0.2) is 0 Å². The van der Waals surface area contributed by atoms with E-state index < -0.39 is 0 Å². The third-order valence-electron chi connectivity index (χ3n) is 4.50. The van der Waals surface area contributed by atoms with E-state index in [-0.39, 0.29) is 0 Å². The highest BCUT2D eigenvalue weighted by Crippen LogP contribution is 2.44. The number of fused-ring (bicyclic) bond motifs is 3. The van der Waals surface area contributed by atoms with Gasteiger partial charge >= 0.3 is 0 Å². The number of hydrogen-bond acceptors (Lipinski definition) is 1. The molecule has 0 saturated carbocycles. The minimum Gasteiger partial charge on any atom is -0.267 e. The van der Waals surface area contributed by atoms with Crippen molar-refractivity contribution >= 4 is 22.6 Å². The summed E-state index contributed by atoms with van der Waals surface area (Å²) < 4.78 is 3.19. The van der Waals surface area contributed by atoms with Crippen molar-refractivity contribution in [1.29, 1.82) is 0 Å². The molecule has 0 bridgehead atoms. The van der Waals surface area contributed by atoms with E-state index in [9.17, 15) is 0 Å². The van der Waals surface area contributed by atoms with Crippen LogP contribution in [-0.4, -0.2) is 9.78 Å². The van der Waals surface area contributed by atoms with Gasteiger partial charge in [0.2, 0.25) is 0 Å². The molecule has 1 aliphatic carbocycles. The van der Waals surface area contributed by atoms with Gasteiger partial charge in [-0.05, 0) is 78.1 Å². The Hall–Kier alpha value is -0.840. The Labute approximate surface area is 122 Å². The van der Waals surface area contributed by atoms with E-state index in [1.807, 2.05) is 4.68 Å². The average Bonchev–Trinajstić information content (AvgIpc) is 2.84. The molecule has 0 N–H and O–H groups in total. The van der Waals surface area contributed by atoms with E-state index in [2.05, 4.69) is 62.4 Å². The lowest BCUT2D eigenvalue weighted by atomic mass is 9.90. The Balaban J connectivity index is 2.44. The second-order valence-electron chi connectivity index (χ2n) is 5.27. The number of halogens is 1. The quantitative estimate of drug-likeness (QED) is 0.563. The van der Waals surface area contributed by atoms with Gasteiger partial charge in [-0.1, -0.05) is 0 Å². The molecule has 1 aromatic heterocycles. The summed E-state index contributed by atoms with van der Waals surface area (Å²) in [6.07, 6.45) is 1.05. The van der Waals surface area contributed by atoms with E-state index in [1.54, 1.807) is 0 Å². The molecule has 0 unspecified atom stereocenters. The van der Waals surface area contributed by atoms with Crippen molar-refractivity contribution in [3.63, 3.8) is 0 Å². The molecule has 0 amide bonds. The van der Waals surface area contributed by atoms with Crippen LogP contribution in [0.3, 0.4) is 0 Å². The van der Waals surface area contributed by atoms with Crippen molar-refractivity contribution in [2.45, 2.75) is 34.1 Å². The van der Waals surface area contributed by atoms with Gasteiger partial charge < -0.3 is 0 Å². The largest absolute Gasteiger partial charge is 0.267 e. The maximum Gasteiger partial charge on any atom is 0.127 e. The van der Waals surface area contributed by atoms with Crippen molar-refractivity contribution in [1.82, 2.24) is 9.78 Å². The molecule has 0 saturated heterocycles. The van der Waals surface area contributed by atoms with Crippen molar-refractivity contribution < 1.29 is 0 Å². The molecule has 0 atom stereocenters. The van der Waals surface area contributed by atoms with Crippen molar-refractivity contribution in [2.75, 3.05) is 0 Å². The molecule has 0 aliphatic heterocycles. The lowest BCUT2D eigenvalue weighted by Crippen LogP contribution is -2.01. The van der Waals surface area contributed by atoms with Crippen LogP contribution in [-0.2, 0) is 13.5 Å². The molecule has 18 heavy (non-hydrogen) atoms. The summed E-state index contributed by atoms with van der Waals surface area (Å²) in [5.74, 6) is 0. The lowest BCUT2D eigenvalue weighted by molar-refractivity contribution is 0.766. The van der Waals surface area contributed by atoms with E-state index in [0.717, 1.165) is 10.1 Å². The zero-order valence-electron chi connectivity index (χ0n) is 11.5. The molecule has 2 aromatic rings. The molecule has 1 heterocycles. The monoisotopic (exact) mass is 352 g/mol. The van der Waals surface area contributed by atoms with Crippen molar-refractivity contribution in [3.8, 4) is 11.3 Å². The van der Waals surface area contributed by atoms with Crippen LogP contribution in [0.4, 0.5) is 0 Å². The molecule has 3 rings (SSSR count). The predicted molar refractivity (Wildman–Crippen MR) is 83.1 cm³/mol. The maximum absolute atomic E-state index is 4.56. The molecule has 2 nitrogen and oxygen atoms in total. The van der Waals surface area contributed by atoms with E-state index >= 15 is 0 Å². The normalized spacial score (nSPS) is 12.8. The minimum atomic E-state index is 1.05. The van der Waals surface area contributed by atoms with Crippen LogP contribution in [0.25, 0.3) is 11.3 Å². The molecule has 3 heteroatoms. The van der Waals surface area contributed by atoms with Crippen molar-refractivity contribution in [3.05, 3.63) is 37.1 Å². The minimum absolute atomic E-state index is 1.05. The zero-order valence-corrected chi connectivity index (χ0v) is 13.6. The summed E-state index contributed by atoms with van der Waals surface area (Å²) in [7, 11) is 2.06. The Kier molecular flexibility index (Phi) is 2.59. The Bertz CT molecular complexity index is 681. The highest BCUT2D eigenvalue weighted by atomic mass is 127. The summed E-state index contributed by atoms with van der Waals surface area (Å²) in [6.45, 7) is 8.98. The molecule has 0 radical (unpaired) electrons. The summed E-state index contributed by atoms with van der Waals surface area (Å²) >= 11 is 2.35. The fourth-order valence-corrected chi connectivity index (χ4v) is 3.88. The first-order valence-electron chi connectivity index (χ1n) is 6.24. The second-order valence-corrected chi connectivity index (χ2v) is 6.29. The highest BCUT2D eigenvalue weighted by Gasteiger charge is 2.29. The van der Waals surface area contributed by atoms with Gasteiger partial charge in [0.15, 0.2) is 0 Å². The average molecular weight is 352 g/mol. The summed E-state index contributed by atoms with van der Waals surface area (Å²) in [6, 6.07) is 0. The SMILES string of the molecule is Cc1c(C)c(C)c2c(c1C)Cc1c(I)nn(C)c1-2. The first-order valence-corrected chi connectivity index (χ1v) is 7.32. The lowest BCUT2D eigenvalue weighted by Gasteiger charge is -2.16. The third kappa shape index (κ3) is 1.37. The fourth-order valence-electron chi connectivity index (χ4n) is 3.11. The Morgan fingerprint density at radius 3 is 2.22 bits per heavy atom. The summed E-state index contributed by atoms with van der Waals surface area (Å²) in [4.78, 5) is 0. The van der Waals surface area contributed by atoms with Crippen molar-refractivity contribution in [2.24, 2.45) is 7.05 Å². The highest BCUT2D eigenvalue weighted by molar-refractivity contribution is 14.1. The summed E-state index contributed by atoms with van der Waals surface area (Å²) in [5, 5.41) is 4.56. The van der Waals surface area contributed by atoms with Crippen LogP contribution in [0.5, 0.6) is 0 Å². The first-order chi connectivity index (χ1) is 8.43. The van der Waals surface area contributed by atoms with Crippen LogP contribution >= 0.6 is 22.6 Å². The smallest absolute Gasteiger partial charge is 0.127 e. The first kappa shape index (κ1) is 12.2. The van der Waals surface area contributed by atoms with Gasteiger partial charge in [0, 0.05) is 24.6 Å². The van der Waals surface area contributed by atoms with Gasteiger partial charge in [0.1, 0.15) is 3.70 Å². The van der Waals surface area contributed by atoms with E-state index in [0.29, 0.717) is 0 Å². The predicted octanol–water partition coefficient (Wildman–Crippen LogP) is 3.83. The number of aromatic nitrogens is 2. The molecule has 94 valence electrons. The maximum atomic E-state index is 4.56. The number of benzene rings is 1.